The lowest BCUT2D eigenvalue weighted by atomic mass is 10.0. The largest absolute Gasteiger partial charge is 0.444 e. The third kappa shape index (κ3) is 6.59. The highest BCUT2D eigenvalue weighted by molar-refractivity contribution is 6.01. The third-order valence-electron chi connectivity index (χ3n) is 5.60. The number of fused-ring (bicyclic) bond motifs is 1. The van der Waals surface area contributed by atoms with Crippen molar-refractivity contribution in [3.05, 3.63) is 59.5 Å². The summed E-state index contributed by atoms with van der Waals surface area (Å²) in [5, 5.41) is 6.77. The lowest BCUT2D eigenvalue weighted by molar-refractivity contribution is 0.0498. The summed E-state index contributed by atoms with van der Waals surface area (Å²) in [6, 6.07) is 12.0. The first kappa shape index (κ1) is 25.3. The number of carbonyl (C=O) groups is 2. The molecule has 34 heavy (non-hydrogen) atoms. The zero-order valence-corrected chi connectivity index (χ0v) is 20.5. The van der Waals surface area contributed by atoms with Crippen LogP contribution in [0.1, 0.15) is 63.0 Å². The molecule has 0 spiro atoms. The number of aromatic amines is 1. The molecule has 182 valence electrons. The molecule has 0 bridgehead atoms. The Labute approximate surface area is 200 Å². The van der Waals surface area contributed by atoms with Gasteiger partial charge in [0, 0.05) is 23.5 Å². The second-order valence-corrected chi connectivity index (χ2v) is 9.59. The van der Waals surface area contributed by atoms with E-state index in [1.54, 1.807) is 12.1 Å². The first-order valence-electron chi connectivity index (χ1n) is 11.7. The van der Waals surface area contributed by atoms with Crippen molar-refractivity contribution in [1.29, 1.82) is 0 Å². The van der Waals surface area contributed by atoms with Crippen LogP contribution in [0.15, 0.2) is 42.5 Å². The molecule has 2 aromatic carbocycles. The number of aromatic nitrogens is 1. The van der Waals surface area contributed by atoms with E-state index in [1.807, 2.05) is 45.9 Å². The molecule has 3 rings (SSSR count). The quantitative estimate of drug-likeness (QED) is 0.375. The molecule has 1 heterocycles. The van der Waals surface area contributed by atoms with Gasteiger partial charge in [0.25, 0.3) is 5.91 Å². The molecule has 6 nitrogen and oxygen atoms in total. The van der Waals surface area contributed by atoms with Crippen molar-refractivity contribution < 1.29 is 18.7 Å². The Morgan fingerprint density at radius 1 is 1.09 bits per heavy atom. The number of rotatable bonds is 8. The predicted octanol–water partition coefficient (Wildman–Crippen LogP) is 6.10. The van der Waals surface area contributed by atoms with Gasteiger partial charge in [-0.3, -0.25) is 4.79 Å². The maximum absolute atomic E-state index is 13.3. The van der Waals surface area contributed by atoms with E-state index >= 15 is 0 Å². The number of hydrogen-bond acceptors (Lipinski definition) is 3. The van der Waals surface area contributed by atoms with E-state index in [9.17, 15) is 14.0 Å². The minimum Gasteiger partial charge on any atom is -0.444 e. The molecule has 3 aromatic rings. The first-order chi connectivity index (χ1) is 16.1. The van der Waals surface area contributed by atoms with Gasteiger partial charge >= 0.3 is 6.09 Å². The summed E-state index contributed by atoms with van der Waals surface area (Å²) in [6.45, 7) is 9.73. The molecule has 0 saturated heterocycles. The van der Waals surface area contributed by atoms with E-state index in [1.165, 1.54) is 12.1 Å². The standard InChI is InChI=1S/C27H34FN3O3/c1-6-7-8-21(30-26(33)34-27(3,4)5)16-29-25(32)24-17(2)22-14-11-19(15-23(22)31-24)18-9-12-20(28)13-10-18/h9-15,21,31H,6-8,16H2,1-5H3,(H,29,32)(H,30,33)/t21-/m0/s1. The summed E-state index contributed by atoms with van der Waals surface area (Å²) < 4.78 is 18.6. The number of hydrogen-bond donors (Lipinski definition) is 3. The molecule has 0 saturated carbocycles. The lowest BCUT2D eigenvalue weighted by Gasteiger charge is -2.24. The summed E-state index contributed by atoms with van der Waals surface area (Å²) in [5.74, 6) is -0.512. The Hall–Kier alpha value is -3.35. The van der Waals surface area contributed by atoms with Gasteiger partial charge in [0.05, 0.1) is 0 Å². The topological polar surface area (TPSA) is 83.2 Å². The van der Waals surface area contributed by atoms with Crippen LogP contribution in [0.4, 0.5) is 9.18 Å². The zero-order chi connectivity index (χ0) is 24.9. The van der Waals surface area contributed by atoms with Gasteiger partial charge in [0.15, 0.2) is 0 Å². The second kappa shape index (κ2) is 10.7. The number of H-pyrrole nitrogens is 1. The molecule has 3 N–H and O–H groups in total. The molecule has 0 aliphatic heterocycles. The summed E-state index contributed by atoms with van der Waals surface area (Å²) in [4.78, 5) is 28.4. The summed E-state index contributed by atoms with van der Waals surface area (Å²) in [7, 11) is 0. The maximum atomic E-state index is 13.3. The van der Waals surface area contributed by atoms with Gasteiger partial charge in [-0.25, -0.2) is 9.18 Å². The lowest BCUT2D eigenvalue weighted by Crippen LogP contribution is -2.45. The Morgan fingerprint density at radius 3 is 2.41 bits per heavy atom. The molecule has 2 amide bonds. The van der Waals surface area contributed by atoms with Gasteiger partial charge in [-0.2, -0.15) is 0 Å². The number of halogens is 1. The molecule has 7 heteroatoms. The molecule has 1 aromatic heterocycles. The molecule has 0 unspecified atom stereocenters. The fraction of sp³-hybridized carbons (Fsp3) is 0.407. The monoisotopic (exact) mass is 467 g/mol. The van der Waals surface area contributed by atoms with E-state index in [0.29, 0.717) is 12.2 Å². The SMILES string of the molecule is CCCC[C@@H](CNC(=O)c1[nH]c2cc(-c3ccc(F)cc3)ccc2c1C)NC(=O)OC(C)(C)C. The second-order valence-electron chi connectivity index (χ2n) is 9.59. The predicted molar refractivity (Wildman–Crippen MR) is 133 cm³/mol. The number of ether oxygens (including phenoxy) is 1. The van der Waals surface area contributed by atoms with Crippen LogP contribution in [0.3, 0.4) is 0 Å². The average Bonchev–Trinajstić information content (AvgIpc) is 3.10. The van der Waals surface area contributed by atoms with Crippen molar-refractivity contribution in [2.24, 2.45) is 0 Å². The summed E-state index contributed by atoms with van der Waals surface area (Å²) >= 11 is 0. The number of aryl methyl sites for hydroxylation is 1. The van der Waals surface area contributed by atoms with Gasteiger partial charge in [-0.15, -0.1) is 0 Å². The summed E-state index contributed by atoms with van der Waals surface area (Å²) in [5.41, 5.74) is 3.41. The van der Waals surface area contributed by atoms with E-state index in [4.69, 9.17) is 4.74 Å². The molecule has 0 aliphatic rings. The summed E-state index contributed by atoms with van der Waals surface area (Å²) in [6.07, 6.45) is 2.16. The van der Waals surface area contributed by atoms with Gasteiger partial charge in [-0.1, -0.05) is 44.0 Å². The zero-order valence-electron chi connectivity index (χ0n) is 20.5. The van der Waals surface area contributed by atoms with Gasteiger partial charge in [-0.05, 0) is 69.0 Å². The van der Waals surface area contributed by atoms with Crippen molar-refractivity contribution in [3.8, 4) is 11.1 Å². The van der Waals surface area contributed by atoms with Crippen LogP contribution in [-0.4, -0.2) is 35.2 Å². The molecule has 0 radical (unpaired) electrons. The molecular weight excluding hydrogens is 433 g/mol. The number of alkyl carbamates (subject to hydrolysis) is 1. The van der Waals surface area contributed by atoms with Crippen LogP contribution in [0.5, 0.6) is 0 Å². The highest BCUT2D eigenvalue weighted by Crippen LogP contribution is 2.28. The van der Waals surface area contributed by atoms with Crippen molar-refractivity contribution in [3.63, 3.8) is 0 Å². The molecule has 1 atom stereocenters. The Kier molecular flexibility index (Phi) is 7.97. The number of carbonyl (C=O) groups excluding carboxylic acids is 2. The fourth-order valence-electron chi connectivity index (χ4n) is 3.84. The van der Waals surface area contributed by atoms with E-state index in [2.05, 4.69) is 22.5 Å². The minimum atomic E-state index is -0.586. The van der Waals surface area contributed by atoms with Crippen LogP contribution < -0.4 is 10.6 Å². The average molecular weight is 468 g/mol. The van der Waals surface area contributed by atoms with Crippen LogP contribution in [0, 0.1) is 12.7 Å². The van der Waals surface area contributed by atoms with Crippen molar-refractivity contribution in [1.82, 2.24) is 15.6 Å². The van der Waals surface area contributed by atoms with Crippen molar-refractivity contribution >= 4 is 22.9 Å². The van der Waals surface area contributed by atoms with Gasteiger partial charge in [0.1, 0.15) is 17.1 Å². The molecule has 0 fully saturated rings. The maximum Gasteiger partial charge on any atom is 0.407 e. The van der Waals surface area contributed by atoms with Crippen LogP contribution in [0.2, 0.25) is 0 Å². The van der Waals surface area contributed by atoms with E-state index in [0.717, 1.165) is 46.9 Å². The van der Waals surface area contributed by atoms with Crippen LogP contribution in [-0.2, 0) is 4.74 Å². The smallest absolute Gasteiger partial charge is 0.407 e. The normalized spacial score (nSPS) is 12.4. The van der Waals surface area contributed by atoms with Crippen molar-refractivity contribution in [2.75, 3.05) is 6.54 Å². The number of amides is 2. The van der Waals surface area contributed by atoms with E-state index < -0.39 is 11.7 Å². The number of benzene rings is 2. The third-order valence-corrected chi connectivity index (χ3v) is 5.60. The number of nitrogens with one attached hydrogen (secondary N) is 3. The van der Waals surface area contributed by atoms with Gasteiger partial charge < -0.3 is 20.4 Å². The first-order valence-corrected chi connectivity index (χ1v) is 11.7. The highest BCUT2D eigenvalue weighted by Gasteiger charge is 2.21. The Bertz CT molecular complexity index is 1150. The minimum absolute atomic E-state index is 0.228. The Morgan fingerprint density at radius 2 is 1.76 bits per heavy atom. The van der Waals surface area contributed by atoms with Crippen molar-refractivity contribution in [2.45, 2.75) is 65.5 Å². The number of unbranched alkanes of at least 4 members (excludes halogenated alkanes) is 1. The highest BCUT2D eigenvalue weighted by atomic mass is 19.1. The fourth-order valence-corrected chi connectivity index (χ4v) is 3.84. The van der Waals surface area contributed by atoms with Gasteiger partial charge in [0.2, 0.25) is 0 Å². The van der Waals surface area contributed by atoms with Crippen LogP contribution in [0.25, 0.3) is 22.0 Å². The van der Waals surface area contributed by atoms with Crippen LogP contribution >= 0.6 is 0 Å². The molecular formula is C27H34FN3O3. The Balaban J connectivity index is 1.72. The van der Waals surface area contributed by atoms with E-state index in [-0.39, 0.29) is 17.8 Å². The molecule has 0 aliphatic carbocycles.